The minimum atomic E-state index is 0.745. The third-order valence-corrected chi connectivity index (χ3v) is 2.59. The number of methoxy groups -OCH3 is 1. The molecule has 0 aliphatic carbocycles. The molecule has 0 radical (unpaired) electrons. The number of imidazole rings is 1. The fourth-order valence-corrected chi connectivity index (χ4v) is 1.64. The number of nitrogens with zero attached hydrogens (tertiary/aromatic N) is 3. The molecule has 1 rings (SSSR count). The maximum Gasteiger partial charge on any atom is 0.0948 e. The van der Waals surface area contributed by atoms with Crippen molar-refractivity contribution in [2.24, 2.45) is 0 Å². The van der Waals surface area contributed by atoms with Crippen LogP contribution in [-0.4, -0.2) is 55.4 Å². The summed E-state index contributed by atoms with van der Waals surface area (Å²) in [4.78, 5) is 6.40. The van der Waals surface area contributed by atoms with Gasteiger partial charge in [0.1, 0.15) is 0 Å². The minimum absolute atomic E-state index is 0.745. The van der Waals surface area contributed by atoms with E-state index < -0.39 is 0 Å². The molecule has 0 saturated carbocycles. The topological polar surface area (TPSA) is 42.3 Å². The van der Waals surface area contributed by atoms with Gasteiger partial charge >= 0.3 is 0 Å². The van der Waals surface area contributed by atoms with Gasteiger partial charge in [-0.25, -0.2) is 4.98 Å². The number of aromatic nitrogens is 2. The van der Waals surface area contributed by atoms with E-state index in [1.807, 2.05) is 12.5 Å². The fraction of sp³-hybridized carbons (Fsp3) is 0.750. The second-order valence-electron chi connectivity index (χ2n) is 4.40. The summed E-state index contributed by atoms with van der Waals surface area (Å²) in [5, 5.41) is 3.33. The summed E-state index contributed by atoms with van der Waals surface area (Å²) >= 11 is 0. The van der Waals surface area contributed by atoms with Crippen molar-refractivity contribution in [3.63, 3.8) is 0 Å². The van der Waals surface area contributed by atoms with Crippen LogP contribution >= 0.6 is 0 Å². The second-order valence-corrected chi connectivity index (χ2v) is 4.40. The Balaban J connectivity index is 2.27. The van der Waals surface area contributed by atoms with E-state index in [4.69, 9.17) is 4.74 Å². The molecule has 98 valence electrons. The number of aryl methyl sites for hydroxylation is 1. The van der Waals surface area contributed by atoms with Crippen molar-refractivity contribution in [3.8, 4) is 0 Å². The van der Waals surface area contributed by atoms with Crippen LogP contribution in [0.3, 0.4) is 0 Å². The van der Waals surface area contributed by atoms with Crippen LogP contribution in [0.4, 0.5) is 0 Å². The summed E-state index contributed by atoms with van der Waals surface area (Å²) in [5.41, 5.74) is 1.24. The van der Waals surface area contributed by atoms with Crippen molar-refractivity contribution in [1.29, 1.82) is 0 Å². The molecular formula is C12H24N4O. The van der Waals surface area contributed by atoms with Gasteiger partial charge in [0.15, 0.2) is 0 Å². The van der Waals surface area contributed by atoms with Crippen LogP contribution in [-0.2, 0) is 17.8 Å². The van der Waals surface area contributed by atoms with E-state index in [9.17, 15) is 0 Å². The highest BCUT2D eigenvalue weighted by molar-refractivity contribution is 4.97. The molecule has 0 saturated heterocycles. The molecule has 5 nitrogen and oxygen atoms in total. The predicted molar refractivity (Wildman–Crippen MR) is 69.0 cm³/mol. The van der Waals surface area contributed by atoms with Crippen molar-refractivity contribution >= 4 is 0 Å². The maximum atomic E-state index is 4.99. The number of nitrogens with one attached hydrogen (secondary N) is 1. The van der Waals surface area contributed by atoms with Crippen molar-refractivity contribution in [3.05, 3.63) is 18.2 Å². The average molecular weight is 240 g/mol. The summed E-state index contributed by atoms with van der Waals surface area (Å²) in [6.07, 6.45) is 4.98. The molecule has 17 heavy (non-hydrogen) atoms. The first-order valence-corrected chi connectivity index (χ1v) is 6.07. The molecule has 0 aliphatic rings. The number of rotatable bonds is 9. The van der Waals surface area contributed by atoms with Gasteiger partial charge in [-0.15, -0.1) is 0 Å². The standard InChI is InChI=1S/C12H24N4O/c1-15(2)6-4-7-16-11-14-10-12(16)9-13-5-8-17-3/h10-11,13H,4-9H2,1-3H3. The van der Waals surface area contributed by atoms with E-state index in [1.54, 1.807) is 7.11 Å². The summed E-state index contributed by atoms with van der Waals surface area (Å²) < 4.78 is 7.20. The molecule has 1 heterocycles. The second kappa shape index (κ2) is 8.22. The van der Waals surface area contributed by atoms with Crippen LogP contribution in [0.1, 0.15) is 12.1 Å². The summed E-state index contributed by atoms with van der Waals surface area (Å²) in [5.74, 6) is 0. The highest BCUT2D eigenvalue weighted by Crippen LogP contribution is 2.00. The van der Waals surface area contributed by atoms with Crippen molar-refractivity contribution in [1.82, 2.24) is 19.8 Å². The molecule has 0 spiro atoms. The zero-order valence-electron chi connectivity index (χ0n) is 11.1. The fourth-order valence-electron chi connectivity index (χ4n) is 1.64. The highest BCUT2D eigenvalue weighted by Gasteiger charge is 2.01. The molecule has 1 aromatic rings. The van der Waals surface area contributed by atoms with E-state index in [-0.39, 0.29) is 0 Å². The first kappa shape index (κ1) is 14.2. The molecule has 0 aliphatic heterocycles. The van der Waals surface area contributed by atoms with E-state index in [2.05, 4.69) is 33.9 Å². The van der Waals surface area contributed by atoms with Crippen LogP contribution in [0.5, 0.6) is 0 Å². The molecule has 0 bridgehead atoms. The van der Waals surface area contributed by atoms with Crippen LogP contribution < -0.4 is 5.32 Å². The Morgan fingerprint density at radius 1 is 1.47 bits per heavy atom. The molecule has 0 aromatic carbocycles. The van der Waals surface area contributed by atoms with Crippen LogP contribution in [0, 0.1) is 0 Å². The first-order valence-electron chi connectivity index (χ1n) is 6.07. The lowest BCUT2D eigenvalue weighted by atomic mass is 10.3. The van der Waals surface area contributed by atoms with E-state index in [1.165, 1.54) is 5.69 Å². The Morgan fingerprint density at radius 3 is 3.00 bits per heavy atom. The van der Waals surface area contributed by atoms with E-state index in [0.29, 0.717) is 0 Å². The van der Waals surface area contributed by atoms with Gasteiger partial charge < -0.3 is 19.5 Å². The molecule has 1 aromatic heterocycles. The zero-order valence-corrected chi connectivity index (χ0v) is 11.1. The Hall–Kier alpha value is -0.910. The van der Waals surface area contributed by atoms with Crippen molar-refractivity contribution in [2.75, 3.05) is 40.9 Å². The van der Waals surface area contributed by atoms with Crippen LogP contribution in [0.15, 0.2) is 12.5 Å². The smallest absolute Gasteiger partial charge is 0.0948 e. The average Bonchev–Trinajstić information content (AvgIpc) is 2.72. The Morgan fingerprint density at radius 2 is 2.29 bits per heavy atom. The van der Waals surface area contributed by atoms with Crippen LogP contribution in [0.2, 0.25) is 0 Å². The van der Waals surface area contributed by atoms with Gasteiger partial charge in [0.2, 0.25) is 0 Å². The molecule has 1 N–H and O–H groups in total. The summed E-state index contributed by atoms with van der Waals surface area (Å²) in [7, 11) is 5.91. The maximum absolute atomic E-state index is 4.99. The molecule has 0 amide bonds. The van der Waals surface area contributed by atoms with Gasteiger partial charge in [-0.1, -0.05) is 0 Å². The normalized spacial score (nSPS) is 11.3. The lowest BCUT2D eigenvalue weighted by Crippen LogP contribution is -2.21. The van der Waals surface area contributed by atoms with Gasteiger partial charge in [-0.3, -0.25) is 0 Å². The number of hydrogen-bond acceptors (Lipinski definition) is 4. The summed E-state index contributed by atoms with van der Waals surface area (Å²) in [6.45, 7) is 4.60. The molecule has 0 unspecified atom stereocenters. The molecule has 5 heteroatoms. The third kappa shape index (κ3) is 5.81. The Kier molecular flexibility index (Phi) is 6.84. The van der Waals surface area contributed by atoms with Gasteiger partial charge in [-0.2, -0.15) is 0 Å². The van der Waals surface area contributed by atoms with Gasteiger partial charge in [0, 0.05) is 32.9 Å². The van der Waals surface area contributed by atoms with Crippen LogP contribution in [0.25, 0.3) is 0 Å². The van der Waals surface area contributed by atoms with Crippen molar-refractivity contribution in [2.45, 2.75) is 19.5 Å². The quantitative estimate of drug-likeness (QED) is 0.641. The van der Waals surface area contributed by atoms with Gasteiger partial charge in [0.25, 0.3) is 0 Å². The van der Waals surface area contributed by atoms with Crippen molar-refractivity contribution < 1.29 is 4.74 Å². The van der Waals surface area contributed by atoms with E-state index in [0.717, 1.165) is 39.2 Å². The molecule has 0 atom stereocenters. The van der Waals surface area contributed by atoms with Gasteiger partial charge in [-0.05, 0) is 27.1 Å². The monoisotopic (exact) mass is 240 g/mol. The molecular weight excluding hydrogens is 216 g/mol. The number of hydrogen-bond donors (Lipinski definition) is 1. The minimum Gasteiger partial charge on any atom is -0.383 e. The first-order chi connectivity index (χ1) is 8.24. The lowest BCUT2D eigenvalue weighted by Gasteiger charge is -2.12. The number of ether oxygens (including phenoxy) is 1. The Bertz CT molecular complexity index is 298. The predicted octanol–water partition coefficient (Wildman–Crippen LogP) is 0.571. The molecule has 0 fully saturated rings. The van der Waals surface area contributed by atoms with Gasteiger partial charge in [0.05, 0.1) is 18.6 Å². The Labute approximate surface area is 104 Å². The SMILES string of the molecule is COCCNCc1cncn1CCCN(C)C. The lowest BCUT2D eigenvalue weighted by molar-refractivity contribution is 0.199. The highest BCUT2D eigenvalue weighted by atomic mass is 16.5. The largest absolute Gasteiger partial charge is 0.383 e. The van der Waals surface area contributed by atoms with E-state index >= 15 is 0 Å². The third-order valence-electron chi connectivity index (χ3n) is 2.59. The summed E-state index contributed by atoms with van der Waals surface area (Å²) in [6, 6.07) is 0. The zero-order chi connectivity index (χ0) is 12.5.